The number of likely N-dealkylation sites (tertiary alicyclic amines) is 1. The Labute approximate surface area is 197 Å². The number of anilines is 3. The van der Waals surface area contributed by atoms with Crippen LogP contribution >= 0.6 is 11.3 Å². The molecule has 2 aromatic heterocycles. The summed E-state index contributed by atoms with van der Waals surface area (Å²) in [6.07, 6.45) is 8.81. The maximum Gasteiger partial charge on any atom is 0.142 e. The molecule has 3 heterocycles. The first-order valence-electron chi connectivity index (χ1n) is 11.2. The Morgan fingerprint density at radius 3 is 2.88 bits per heavy atom. The number of fused-ring (bicyclic) bond motifs is 3. The smallest absolute Gasteiger partial charge is 0.142 e. The Morgan fingerprint density at radius 2 is 2.21 bits per heavy atom. The number of nitrogens with zero attached hydrogens (tertiary/aromatic N) is 3. The molecule has 1 aliphatic carbocycles. The molecule has 5 rings (SSSR count). The quantitative estimate of drug-likeness (QED) is 0.258. The molecule has 1 aromatic carbocycles. The van der Waals surface area contributed by atoms with E-state index >= 15 is 0 Å². The van der Waals surface area contributed by atoms with Crippen molar-refractivity contribution in [3.8, 4) is 0 Å². The lowest BCUT2D eigenvalue weighted by atomic mass is 9.89. The van der Waals surface area contributed by atoms with Crippen LogP contribution < -0.4 is 11.1 Å². The first-order chi connectivity index (χ1) is 16.0. The first kappa shape index (κ1) is 23.3. The number of aliphatic hydroxyl groups excluding tert-OH is 1. The lowest BCUT2D eigenvalue weighted by molar-refractivity contribution is -0.111. The number of nitrogens with two attached hydrogens (primary N) is 1. The summed E-state index contributed by atoms with van der Waals surface area (Å²) in [6, 6.07) is 5.93. The standard InChI is InChI=1S/C18H17N5OS.C6H13NO/c19-7-11-6-12(2-4-14(11)20)23-17-16-13-3-1-10(8-24)5-15(13)25-18(16)22-9-21-17;1-7-4-2-3-6(7)5-8/h2,4,6-10,19H,1,3,5,20H2,(H,21,22,23);6,8H,2-5H2,1H3. The number of hydrogen-bond acceptors (Lipinski definition) is 9. The topological polar surface area (TPSA) is 128 Å². The third kappa shape index (κ3) is 5.05. The number of benzene rings is 1. The number of aromatic nitrogens is 2. The normalized spacial score (nSPS) is 20.1. The molecule has 1 aliphatic heterocycles. The summed E-state index contributed by atoms with van der Waals surface area (Å²) in [5.41, 5.74) is 9.17. The Bertz CT molecular complexity index is 1150. The lowest BCUT2D eigenvalue weighted by Crippen LogP contribution is -2.27. The molecule has 0 spiro atoms. The molecule has 0 saturated carbocycles. The van der Waals surface area contributed by atoms with Gasteiger partial charge in [0.2, 0.25) is 0 Å². The number of rotatable bonds is 5. The van der Waals surface area contributed by atoms with E-state index in [1.807, 2.05) is 12.1 Å². The van der Waals surface area contributed by atoms with E-state index < -0.39 is 0 Å². The fourth-order valence-corrected chi connectivity index (χ4v) is 5.75. The second-order valence-electron chi connectivity index (χ2n) is 8.62. The number of aliphatic hydroxyl groups is 1. The van der Waals surface area contributed by atoms with Crippen molar-refractivity contribution in [2.45, 2.75) is 38.1 Å². The minimum Gasteiger partial charge on any atom is -0.398 e. The average Bonchev–Trinajstić information content (AvgIpc) is 3.43. The Morgan fingerprint density at radius 1 is 1.36 bits per heavy atom. The Hall–Kier alpha value is -2.88. The van der Waals surface area contributed by atoms with Crippen LogP contribution in [0.15, 0.2) is 24.5 Å². The second kappa shape index (κ2) is 10.4. The maximum absolute atomic E-state index is 11.1. The van der Waals surface area contributed by atoms with Crippen LogP contribution in [0.1, 0.15) is 35.3 Å². The van der Waals surface area contributed by atoms with Crippen molar-refractivity contribution in [2.75, 3.05) is 31.2 Å². The van der Waals surface area contributed by atoms with Gasteiger partial charge in [-0.1, -0.05) is 0 Å². The molecule has 2 unspecified atom stereocenters. The SMILES string of the molecule is CN1CCCC1CO.N=Cc1cc(Nc2ncnc3sc4c(c23)CCC(C=O)C4)ccc1N. The van der Waals surface area contributed by atoms with Gasteiger partial charge in [-0.25, -0.2) is 9.97 Å². The zero-order valence-electron chi connectivity index (χ0n) is 18.8. The van der Waals surface area contributed by atoms with Crippen molar-refractivity contribution < 1.29 is 9.90 Å². The predicted octanol–water partition coefficient (Wildman–Crippen LogP) is 3.39. The fraction of sp³-hybridized carbons (Fsp3) is 0.417. The number of carbonyl (C=O) groups excluding carboxylic acids is 1. The zero-order valence-corrected chi connectivity index (χ0v) is 19.6. The molecule has 33 heavy (non-hydrogen) atoms. The van der Waals surface area contributed by atoms with E-state index in [9.17, 15) is 4.79 Å². The lowest BCUT2D eigenvalue weighted by Gasteiger charge is -2.17. The van der Waals surface area contributed by atoms with Crippen LogP contribution in [0.2, 0.25) is 0 Å². The molecule has 1 fully saturated rings. The second-order valence-corrected chi connectivity index (χ2v) is 9.70. The molecule has 8 nitrogen and oxygen atoms in total. The van der Waals surface area contributed by atoms with Crippen LogP contribution in [0.3, 0.4) is 0 Å². The molecular formula is C24H30N6O2S. The molecule has 0 bridgehead atoms. The number of hydrogen-bond donors (Lipinski definition) is 4. The predicted molar refractivity (Wildman–Crippen MR) is 134 cm³/mol. The first-order valence-corrected chi connectivity index (χ1v) is 12.0. The highest BCUT2D eigenvalue weighted by Gasteiger charge is 2.25. The van der Waals surface area contributed by atoms with Crippen molar-refractivity contribution in [3.63, 3.8) is 0 Å². The fourth-order valence-electron chi connectivity index (χ4n) is 4.47. The summed E-state index contributed by atoms with van der Waals surface area (Å²) in [7, 11) is 2.06. The molecule has 2 aliphatic rings. The van der Waals surface area contributed by atoms with E-state index in [0.29, 0.717) is 23.9 Å². The van der Waals surface area contributed by atoms with Gasteiger partial charge >= 0.3 is 0 Å². The minimum atomic E-state index is 0.108. The number of nitrogen functional groups attached to an aromatic ring is 1. The van der Waals surface area contributed by atoms with Crippen molar-refractivity contribution in [3.05, 3.63) is 40.5 Å². The summed E-state index contributed by atoms with van der Waals surface area (Å²) in [5.74, 6) is 0.866. The van der Waals surface area contributed by atoms with Gasteiger partial charge in [0.1, 0.15) is 23.3 Å². The van der Waals surface area contributed by atoms with E-state index in [2.05, 4.69) is 27.2 Å². The van der Waals surface area contributed by atoms with Crippen molar-refractivity contribution in [2.24, 2.45) is 5.92 Å². The van der Waals surface area contributed by atoms with Crippen LogP contribution in [0.25, 0.3) is 10.2 Å². The minimum absolute atomic E-state index is 0.108. The van der Waals surface area contributed by atoms with Gasteiger partial charge in [-0.3, -0.25) is 0 Å². The van der Waals surface area contributed by atoms with Gasteiger partial charge < -0.3 is 31.3 Å². The van der Waals surface area contributed by atoms with E-state index in [1.54, 1.807) is 23.7 Å². The number of aryl methyl sites for hydroxylation is 1. The van der Waals surface area contributed by atoms with Crippen LogP contribution in [0.4, 0.5) is 17.2 Å². The maximum atomic E-state index is 11.1. The average molecular weight is 467 g/mol. The summed E-state index contributed by atoms with van der Waals surface area (Å²) in [5, 5.41) is 20.5. The molecular weight excluding hydrogens is 436 g/mol. The van der Waals surface area contributed by atoms with Crippen molar-refractivity contribution in [1.29, 1.82) is 5.41 Å². The number of nitrogens with one attached hydrogen (secondary N) is 2. The highest BCUT2D eigenvalue weighted by Crippen LogP contribution is 2.40. The van der Waals surface area contributed by atoms with Gasteiger partial charge in [-0.15, -0.1) is 11.3 Å². The summed E-state index contributed by atoms with van der Waals surface area (Å²) < 4.78 is 0. The summed E-state index contributed by atoms with van der Waals surface area (Å²) in [6.45, 7) is 1.49. The Kier molecular flexibility index (Phi) is 7.32. The van der Waals surface area contributed by atoms with Gasteiger partial charge in [-0.05, 0) is 69.5 Å². The molecule has 174 valence electrons. The molecule has 0 radical (unpaired) electrons. The highest BCUT2D eigenvalue weighted by atomic mass is 32.1. The summed E-state index contributed by atoms with van der Waals surface area (Å²) >= 11 is 1.65. The highest BCUT2D eigenvalue weighted by molar-refractivity contribution is 7.19. The third-order valence-electron chi connectivity index (χ3n) is 6.46. The number of aldehydes is 1. The van der Waals surface area contributed by atoms with Crippen LogP contribution in [0, 0.1) is 11.3 Å². The van der Waals surface area contributed by atoms with Gasteiger partial charge in [0.25, 0.3) is 0 Å². The van der Waals surface area contributed by atoms with Crippen LogP contribution in [0.5, 0.6) is 0 Å². The monoisotopic (exact) mass is 466 g/mol. The van der Waals surface area contributed by atoms with Crippen molar-refractivity contribution in [1.82, 2.24) is 14.9 Å². The van der Waals surface area contributed by atoms with E-state index in [1.165, 1.54) is 29.5 Å². The third-order valence-corrected chi connectivity index (χ3v) is 7.63. The van der Waals surface area contributed by atoms with Gasteiger partial charge in [0, 0.05) is 40.0 Å². The molecule has 5 N–H and O–H groups in total. The van der Waals surface area contributed by atoms with Crippen LogP contribution in [-0.4, -0.2) is 58.7 Å². The number of carbonyl (C=O) groups is 1. The zero-order chi connectivity index (χ0) is 23.4. The van der Waals surface area contributed by atoms with Crippen molar-refractivity contribution >= 4 is 51.2 Å². The van der Waals surface area contributed by atoms with Crippen LogP contribution in [-0.2, 0) is 17.6 Å². The molecule has 9 heteroatoms. The van der Waals surface area contributed by atoms with Gasteiger partial charge in [0.05, 0.1) is 12.0 Å². The van der Waals surface area contributed by atoms with E-state index in [4.69, 9.17) is 16.2 Å². The van der Waals surface area contributed by atoms with E-state index in [0.717, 1.165) is 53.8 Å². The molecule has 2 atom stereocenters. The molecule has 1 saturated heterocycles. The van der Waals surface area contributed by atoms with Gasteiger partial charge in [-0.2, -0.15) is 0 Å². The van der Waals surface area contributed by atoms with Gasteiger partial charge in [0.15, 0.2) is 0 Å². The molecule has 3 aromatic rings. The summed E-state index contributed by atoms with van der Waals surface area (Å²) in [4.78, 5) is 24.3. The largest absolute Gasteiger partial charge is 0.398 e. The molecule has 0 amide bonds. The Balaban J connectivity index is 0.000000275. The number of likely N-dealkylation sites (N-methyl/N-ethyl adjacent to an activating group) is 1. The van der Waals surface area contributed by atoms with E-state index in [-0.39, 0.29) is 5.92 Å². The number of thiophene rings is 1.